The van der Waals surface area contributed by atoms with E-state index in [-0.39, 0.29) is 6.03 Å². The van der Waals surface area contributed by atoms with Gasteiger partial charge in [0, 0.05) is 17.1 Å². The Morgan fingerprint density at radius 3 is 2.75 bits per heavy atom. The molecule has 0 aliphatic carbocycles. The van der Waals surface area contributed by atoms with Crippen LogP contribution in [-0.2, 0) is 5.54 Å². The van der Waals surface area contributed by atoms with E-state index in [4.69, 9.17) is 4.52 Å². The fraction of sp³-hybridized carbons (Fsp3) is 0.462. The van der Waals surface area contributed by atoms with Gasteiger partial charge in [-0.3, -0.25) is 5.32 Å². The van der Waals surface area contributed by atoms with E-state index in [1.54, 1.807) is 24.3 Å². The van der Waals surface area contributed by atoms with E-state index in [0.717, 1.165) is 17.1 Å². The Morgan fingerprint density at radius 1 is 1.50 bits per heavy atom. The molecule has 2 heterocycles. The Kier molecular flexibility index (Phi) is 4.08. The second kappa shape index (κ2) is 5.62. The summed E-state index contributed by atoms with van der Waals surface area (Å²) in [6.07, 6.45) is 0.741. The summed E-state index contributed by atoms with van der Waals surface area (Å²) in [6.45, 7) is 7.68. The lowest BCUT2D eigenvalue weighted by Gasteiger charge is -2.27. The lowest BCUT2D eigenvalue weighted by molar-refractivity contribution is 0.237. The van der Waals surface area contributed by atoms with E-state index in [1.807, 2.05) is 26.2 Å². The number of aryl methyl sites for hydroxylation is 2. The van der Waals surface area contributed by atoms with Crippen LogP contribution in [0.25, 0.3) is 0 Å². The van der Waals surface area contributed by atoms with Crippen LogP contribution in [0, 0.1) is 13.8 Å². The standard InChI is InChI=1S/C13H18N4O2S/c1-5-13(4,11-14-8(2)7-20-11)16-12(18)15-10-6-9(3)19-17-10/h6-7H,5H2,1-4H3,(H2,15,16,17,18). The maximum atomic E-state index is 12.0. The van der Waals surface area contributed by atoms with E-state index >= 15 is 0 Å². The Hall–Kier alpha value is -1.89. The number of carbonyl (C=O) groups is 1. The number of nitrogens with zero attached hydrogens (tertiary/aromatic N) is 2. The SMILES string of the molecule is CCC(C)(NC(=O)Nc1cc(C)on1)c1nc(C)cs1. The van der Waals surface area contributed by atoms with E-state index in [2.05, 4.69) is 20.8 Å². The summed E-state index contributed by atoms with van der Waals surface area (Å²) in [6, 6.07) is 1.34. The van der Waals surface area contributed by atoms with Gasteiger partial charge in [0.1, 0.15) is 10.8 Å². The average molecular weight is 294 g/mol. The zero-order valence-electron chi connectivity index (χ0n) is 12.0. The van der Waals surface area contributed by atoms with Crippen LogP contribution in [0.1, 0.15) is 36.7 Å². The number of hydrogen-bond donors (Lipinski definition) is 2. The highest BCUT2D eigenvalue weighted by molar-refractivity contribution is 7.09. The maximum absolute atomic E-state index is 12.0. The van der Waals surface area contributed by atoms with Crippen molar-refractivity contribution in [3.63, 3.8) is 0 Å². The molecule has 0 bridgehead atoms. The smallest absolute Gasteiger partial charge is 0.321 e. The molecule has 0 spiro atoms. The van der Waals surface area contributed by atoms with Gasteiger partial charge in [0.2, 0.25) is 0 Å². The van der Waals surface area contributed by atoms with Crippen LogP contribution < -0.4 is 10.6 Å². The first-order chi connectivity index (χ1) is 9.43. The molecule has 7 heteroatoms. The molecule has 0 radical (unpaired) electrons. The molecule has 2 rings (SSSR count). The van der Waals surface area contributed by atoms with Gasteiger partial charge >= 0.3 is 6.03 Å². The number of hydrogen-bond acceptors (Lipinski definition) is 5. The first-order valence-electron chi connectivity index (χ1n) is 6.38. The molecule has 1 unspecified atom stereocenters. The zero-order valence-corrected chi connectivity index (χ0v) is 12.8. The number of carbonyl (C=O) groups excluding carboxylic acids is 1. The topological polar surface area (TPSA) is 80.0 Å². The summed E-state index contributed by atoms with van der Waals surface area (Å²) in [5.41, 5.74) is 0.459. The molecule has 108 valence electrons. The fourth-order valence-corrected chi connectivity index (χ4v) is 2.71. The minimum absolute atomic E-state index is 0.324. The van der Waals surface area contributed by atoms with Crippen molar-refractivity contribution >= 4 is 23.2 Å². The summed E-state index contributed by atoms with van der Waals surface area (Å²) >= 11 is 1.55. The highest BCUT2D eigenvalue weighted by Crippen LogP contribution is 2.27. The first kappa shape index (κ1) is 14.5. The molecular formula is C13H18N4O2S. The third kappa shape index (κ3) is 3.16. The Balaban J connectivity index is 2.07. The van der Waals surface area contributed by atoms with Crippen molar-refractivity contribution in [2.75, 3.05) is 5.32 Å². The quantitative estimate of drug-likeness (QED) is 0.907. The molecule has 2 aromatic rings. The maximum Gasteiger partial charge on any atom is 0.321 e. The average Bonchev–Trinajstić information content (AvgIpc) is 2.98. The van der Waals surface area contributed by atoms with Crippen molar-refractivity contribution < 1.29 is 9.32 Å². The molecule has 0 aliphatic heterocycles. The molecule has 0 fully saturated rings. The van der Waals surface area contributed by atoms with Crippen LogP contribution in [0.5, 0.6) is 0 Å². The second-order valence-corrected chi connectivity index (χ2v) is 5.74. The van der Waals surface area contributed by atoms with Gasteiger partial charge in [-0.05, 0) is 27.2 Å². The van der Waals surface area contributed by atoms with Crippen molar-refractivity contribution in [3.8, 4) is 0 Å². The lowest BCUT2D eigenvalue weighted by Crippen LogP contribution is -2.45. The van der Waals surface area contributed by atoms with Gasteiger partial charge in [-0.25, -0.2) is 9.78 Å². The number of urea groups is 1. The Labute approximate surface area is 121 Å². The molecule has 6 nitrogen and oxygen atoms in total. The molecule has 0 aliphatic rings. The molecule has 1 atom stereocenters. The summed E-state index contributed by atoms with van der Waals surface area (Å²) in [5.74, 6) is 1.04. The third-order valence-corrected chi connectivity index (χ3v) is 4.28. The largest absolute Gasteiger partial charge is 0.360 e. The summed E-state index contributed by atoms with van der Waals surface area (Å²) in [5, 5.41) is 12.2. The number of aromatic nitrogens is 2. The number of rotatable bonds is 4. The van der Waals surface area contributed by atoms with Crippen molar-refractivity contribution in [1.29, 1.82) is 0 Å². The summed E-state index contributed by atoms with van der Waals surface area (Å²) in [4.78, 5) is 16.5. The van der Waals surface area contributed by atoms with Gasteiger partial charge < -0.3 is 9.84 Å². The van der Waals surface area contributed by atoms with E-state index in [0.29, 0.717) is 11.6 Å². The van der Waals surface area contributed by atoms with Gasteiger partial charge in [0.05, 0.1) is 5.54 Å². The van der Waals surface area contributed by atoms with Crippen LogP contribution in [0.2, 0.25) is 0 Å². The Bertz CT molecular complexity index is 607. The lowest BCUT2D eigenvalue weighted by atomic mass is 10.0. The van der Waals surface area contributed by atoms with E-state index in [9.17, 15) is 4.79 Å². The van der Waals surface area contributed by atoms with Gasteiger partial charge in [0.15, 0.2) is 5.82 Å². The fourth-order valence-electron chi connectivity index (χ4n) is 1.72. The highest BCUT2D eigenvalue weighted by Gasteiger charge is 2.30. The Morgan fingerprint density at radius 2 is 2.25 bits per heavy atom. The molecule has 2 N–H and O–H groups in total. The van der Waals surface area contributed by atoms with Gasteiger partial charge in [0.25, 0.3) is 0 Å². The zero-order chi connectivity index (χ0) is 14.8. The predicted molar refractivity (Wildman–Crippen MR) is 77.9 cm³/mol. The summed E-state index contributed by atoms with van der Waals surface area (Å²) < 4.78 is 4.91. The second-order valence-electron chi connectivity index (χ2n) is 4.88. The van der Waals surface area contributed by atoms with Gasteiger partial charge in [-0.2, -0.15) is 0 Å². The molecule has 2 aromatic heterocycles. The molecule has 0 saturated heterocycles. The van der Waals surface area contributed by atoms with Crippen LogP contribution in [-0.4, -0.2) is 16.2 Å². The first-order valence-corrected chi connectivity index (χ1v) is 7.26. The summed E-state index contributed by atoms with van der Waals surface area (Å²) in [7, 11) is 0. The molecule has 0 aromatic carbocycles. The number of anilines is 1. The van der Waals surface area contributed by atoms with Crippen LogP contribution in [0.15, 0.2) is 16.0 Å². The highest BCUT2D eigenvalue weighted by atomic mass is 32.1. The van der Waals surface area contributed by atoms with Crippen LogP contribution in [0.3, 0.4) is 0 Å². The minimum Gasteiger partial charge on any atom is -0.360 e. The van der Waals surface area contributed by atoms with E-state index < -0.39 is 5.54 Å². The van der Waals surface area contributed by atoms with Crippen molar-refractivity contribution in [3.05, 3.63) is 27.9 Å². The van der Waals surface area contributed by atoms with Gasteiger partial charge in [-0.1, -0.05) is 12.1 Å². The molecule has 0 saturated carbocycles. The van der Waals surface area contributed by atoms with Gasteiger partial charge in [-0.15, -0.1) is 11.3 Å². The van der Waals surface area contributed by atoms with Crippen molar-refractivity contribution in [2.45, 2.75) is 39.7 Å². The van der Waals surface area contributed by atoms with Crippen molar-refractivity contribution in [1.82, 2.24) is 15.5 Å². The van der Waals surface area contributed by atoms with Crippen LogP contribution >= 0.6 is 11.3 Å². The number of amides is 2. The molecule has 20 heavy (non-hydrogen) atoms. The third-order valence-electron chi connectivity index (χ3n) is 3.06. The monoisotopic (exact) mass is 294 g/mol. The molecular weight excluding hydrogens is 276 g/mol. The number of nitrogens with one attached hydrogen (secondary N) is 2. The predicted octanol–water partition coefficient (Wildman–Crippen LogP) is 3.19. The van der Waals surface area contributed by atoms with Crippen LogP contribution in [0.4, 0.5) is 10.6 Å². The normalized spacial score (nSPS) is 13.8. The number of thiazole rings is 1. The van der Waals surface area contributed by atoms with E-state index in [1.165, 1.54) is 0 Å². The molecule has 2 amide bonds. The van der Waals surface area contributed by atoms with Crippen molar-refractivity contribution in [2.24, 2.45) is 0 Å². The minimum atomic E-state index is -0.498.